The van der Waals surface area contributed by atoms with Crippen LogP contribution in [0.4, 0.5) is 0 Å². The van der Waals surface area contributed by atoms with Crippen molar-refractivity contribution in [3.63, 3.8) is 0 Å². The van der Waals surface area contributed by atoms with Gasteiger partial charge in [0.15, 0.2) is 0 Å². The number of aromatic amines is 1. The highest BCUT2D eigenvalue weighted by molar-refractivity contribution is 7.99. The number of aromatic nitrogens is 1. The number of likely N-dealkylation sites (tertiary alicyclic amines) is 1. The molecule has 124 valence electrons. The van der Waals surface area contributed by atoms with Gasteiger partial charge in [-0.05, 0) is 86.9 Å². The number of piperidine rings is 1. The molecule has 1 aromatic heterocycles. The zero-order chi connectivity index (χ0) is 16.5. The topological polar surface area (TPSA) is 19.0 Å². The average molecular weight is 357 g/mol. The second-order valence-corrected chi connectivity index (χ2v) is 8.17. The predicted molar refractivity (Wildman–Crippen MR) is 103 cm³/mol. The van der Waals surface area contributed by atoms with Crippen LogP contribution in [0.1, 0.15) is 24.3 Å². The Morgan fingerprint density at radius 2 is 1.75 bits per heavy atom. The van der Waals surface area contributed by atoms with Gasteiger partial charge in [-0.1, -0.05) is 23.4 Å². The van der Waals surface area contributed by atoms with E-state index in [1.807, 2.05) is 12.1 Å². The number of benzene rings is 2. The maximum atomic E-state index is 5.98. The average Bonchev–Trinajstić information content (AvgIpc) is 3.01. The molecule has 1 saturated heterocycles. The minimum atomic E-state index is 0.672. The van der Waals surface area contributed by atoms with Crippen molar-refractivity contribution in [1.82, 2.24) is 9.88 Å². The smallest absolute Gasteiger partial charge is 0.0457 e. The van der Waals surface area contributed by atoms with Gasteiger partial charge in [-0.3, -0.25) is 0 Å². The van der Waals surface area contributed by atoms with E-state index < -0.39 is 0 Å². The Morgan fingerprint density at radius 1 is 1.04 bits per heavy atom. The van der Waals surface area contributed by atoms with Crippen molar-refractivity contribution in [3.8, 4) is 0 Å². The van der Waals surface area contributed by atoms with Crippen LogP contribution in [0.25, 0.3) is 10.9 Å². The van der Waals surface area contributed by atoms with Gasteiger partial charge in [-0.15, -0.1) is 0 Å². The van der Waals surface area contributed by atoms with Crippen LogP contribution in [0, 0.1) is 0 Å². The summed E-state index contributed by atoms with van der Waals surface area (Å²) in [5.74, 6) is 0.672. The van der Waals surface area contributed by atoms with Crippen LogP contribution in [0.5, 0.6) is 0 Å². The van der Waals surface area contributed by atoms with E-state index in [-0.39, 0.29) is 0 Å². The maximum absolute atomic E-state index is 5.98. The number of fused-ring (bicyclic) bond motifs is 1. The van der Waals surface area contributed by atoms with Crippen molar-refractivity contribution in [2.75, 3.05) is 20.1 Å². The van der Waals surface area contributed by atoms with Crippen molar-refractivity contribution in [2.24, 2.45) is 0 Å². The summed E-state index contributed by atoms with van der Waals surface area (Å²) in [7, 11) is 2.21. The third-order valence-corrected chi connectivity index (χ3v) is 6.14. The zero-order valence-electron chi connectivity index (χ0n) is 13.8. The Labute approximate surface area is 152 Å². The Balaban J connectivity index is 1.62. The van der Waals surface area contributed by atoms with Gasteiger partial charge in [-0.25, -0.2) is 0 Å². The highest BCUT2D eigenvalue weighted by Gasteiger charge is 2.21. The molecule has 24 heavy (non-hydrogen) atoms. The van der Waals surface area contributed by atoms with Crippen LogP contribution < -0.4 is 0 Å². The van der Waals surface area contributed by atoms with E-state index in [0.717, 1.165) is 5.02 Å². The van der Waals surface area contributed by atoms with Gasteiger partial charge in [0.2, 0.25) is 0 Å². The fraction of sp³-hybridized carbons (Fsp3) is 0.300. The van der Waals surface area contributed by atoms with Gasteiger partial charge in [0.05, 0.1) is 0 Å². The van der Waals surface area contributed by atoms with Crippen LogP contribution in [-0.4, -0.2) is 30.0 Å². The lowest BCUT2D eigenvalue weighted by molar-refractivity contribution is 0.256. The molecule has 0 aliphatic carbocycles. The van der Waals surface area contributed by atoms with Gasteiger partial charge < -0.3 is 9.88 Å². The Morgan fingerprint density at radius 3 is 2.50 bits per heavy atom. The number of H-pyrrole nitrogens is 1. The summed E-state index contributed by atoms with van der Waals surface area (Å²) in [6.45, 7) is 2.38. The van der Waals surface area contributed by atoms with Gasteiger partial charge in [0, 0.05) is 31.9 Å². The molecule has 0 unspecified atom stereocenters. The summed E-state index contributed by atoms with van der Waals surface area (Å²) in [4.78, 5) is 8.37. The van der Waals surface area contributed by atoms with E-state index in [0.29, 0.717) is 5.92 Å². The zero-order valence-corrected chi connectivity index (χ0v) is 15.3. The summed E-state index contributed by atoms with van der Waals surface area (Å²) in [5.41, 5.74) is 2.72. The molecule has 1 N–H and O–H groups in total. The molecule has 3 aromatic rings. The van der Waals surface area contributed by atoms with E-state index in [2.05, 4.69) is 53.5 Å². The summed E-state index contributed by atoms with van der Waals surface area (Å²) in [6, 6.07) is 14.8. The number of nitrogens with zero attached hydrogens (tertiary/aromatic N) is 1. The quantitative estimate of drug-likeness (QED) is 0.641. The molecule has 2 heterocycles. The molecule has 2 nitrogen and oxygen atoms in total. The highest BCUT2D eigenvalue weighted by Crippen LogP contribution is 2.36. The molecule has 0 radical (unpaired) electrons. The monoisotopic (exact) mass is 356 g/mol. The molecule has 4 heteroatoms. The molecule has 0 spiro atoms. The van der Waals surface area contributed by atoms with Crippen molar-refractivity contribution in [2.45, 2.75) is 28.6 Å². The van der Waals surface area contributed by atoms with Crippen LogP contribution in [0.3, 0.4) is 0 Å². The van der Waals surface area contributed by atoms with Crippen LogP contribution in [0.15, 0.2) is 58.5 Å². The second kappa shape index (κ2) is 6.83. The first kappa shape index (κ1) is 16.1. The van der Waals surface area contributed by atoms with Crippen molar-refractivity contribution in [1.29, 1.82) is 0 Å². The van der Waals surface area contributed by atoms with E-state index in [1.54, 1.807) is 11.8 Å². The molecular formula is C20H21ClN2S. The van der Waals surface area contributed by atoms with E-state index in [9.17, 15) is 0 Å². The first-order valence-corrected chi connectivity index (χ1v) is 9.61. The molecule has 4 rings (SSSR count). The third-order valence-electron chi connectivity index (χ3n) is 4.89. The number of halogens is 1. The lowest BCUT2D eigenvalue weighted by atomic mass is 9.89. The Kier molecular flexibility index (Phi) is 4.57. The number of hydrogen-bond acceptors (Lipinski definition) is 2. The number of hydrogen-bond donors (Lipinski definition) is 1. The first-order chi connectivity index (χ1) is 11.7. The molecular weight excluding hydrogens is 336 g/mol. The van der Waals surface area contributed by atoms with E-state index in [4.69, 9.17) is 11.6 Å². The normalized spacial score (nSPS) is 16.8. The van der Waals surface area contributed by atoms with E-state index in [1.165, 1.54) is 52.2 Å². The van der Waals surface area contributed by atoms with Crippen LogP contribution in [0.2, 0.25) is 5.02 Å². The highest BCUT2D eigenvalue weighted by atomic mass is 35.5. The van der Waals surface area contributed by atoms with Crippen LogP contribution in [-0.2, 0) is 0 Å². The number of nitrogens with one attached hydrogen (secondary N) is 1. The molecule has 0 atom stereocenters. The molecule has 1 fully saturated rings. The number of rotatable bonds is 3. The summed E-state index contributed by atoms with van der Waals surface area (Å²) in [5, 5.41) is 2.16. The minimum Gasteiger partial charge on any atom is -0.361 e. The Hall–Kier alpha value is -1.42. The molecule has 0 amide bonds. The van der Waals surface area contributed by atoms with Crippen molar-refractivity contribution < 1.29 is 0 Å². The summed E-state index contributed by atoms with van der Waals surface area (Å²) >= 11 is 7.77. The lowest BCUT2D eigenvalue weighted by Crippen LogP contribution is -2.29. The van der Waals surface area contributed by atoms with Gasteiger partial charge in [-0.2, -0.15) is 0 Å². The third kappa shape index (κ3) is 3.34. The van der Waals surface area contributed by atoms with Gasteiger partial charge in [0.1, 0.15) is 0 Å². The Bertz CT molecular complexity index is 832. The second-order valence-electron chi connectivity index (χ2n) is 6.58. The molecule has 0 bridgehead atoms. The molecule has 1 aliphatic rings. The predicted octanol–water partition coefficient (Wildman–Crippen LogP) is 5.78. The van der Waals surface area contributed by atoms with Gasteiger partial charge in [0.25, 0.3) is 0 Å². The minimum absolute atomic E-state index is 0.672. The summed E-state index contributed by atoms with van der Waals surface area (Å²) < 4.78 is 0. The lowest BCUT2D eigenvalue weighted by Gasteiger charge is -2.28. The maximum Gasteiger partial charge on any atom is 0.0457 e. The van der Waals surface area contributed by atoms with Gasteiger partial charge >= 0.3 is 0 Å². The fourth-order valence-electron chi connectivity index (χ4n) is 3.48. The molecule has 2 aromatic carbocycles. The standard InChI is InChI=1S/C20H21ClN2S/c1-23-10-8-14(9-11-23)19-13-22-20-7-6-17(12-18(19)20)24-16-4-2-15(21)3-5-16/h2-7,12-14,22H,8-11H2,1H3. The summed E-state index contributed by atoms with van der Waals surface area (Å²) in [6.07, 6.45) is 4.72. The van der Waals surface area contributed by atoms with Crippen molar-refractivity contribution >= 4 is 34.3 Å². The van der Waals surface area contributed by atoms with Crippen molar-refractivity contribution in [3.05, 3.63) is 59.2 Å². The molecule has 0 saturated carbocycles. The SMILES string of the molecule is CN1CCC(c2c[nH]c3ccc(Sc4ccc(Cl)cc4)cc23)CC1. The van der Waals surface area contributed by atoms with E-state index >= 15 is 0 Å². The fourth-order valence-corrected chi connectivity index (χ4v) is 4.46. The first-order valence-electron chi connectivity index (χ1n) is 8.42. The molecule has 1 aliphatic heterocycles. The largest absolute Gasteiger partial charge is 0.361 e. The van der Waals surface area contributed by atoms with Crippen LogP contribution >= 0.6 is 23.4 Å².